The molecule has 2 amide bonds. The number of aliphatic imine (C=N–C) groups is 1. The van der Waals surface area contributed by atoms with Crippen molar-refractivity contribution in [1.29, 1.82) is 0 Å². The lowest BCUT2D eigenvalue weighted by atomic mass is 10.0. The maximum absolute atomic E-state index is 15.0. The summed E-state index contributed by atoms with van der Waals surface area (Å²) < 4.78 is 25.4. The Kier molecular flexibility index (Phi) is 9.41. The third-order valence-electron chi connectivity index (χ3n) is 6.23. The Morgan fingerprint density at radius 1 is 1.11 bits per heavy atom. The number of nitrogens with one attached hydrogen (secondary N) is 3. The fourth-order valence-electron chi connectivity index (χ4n) is 3.94. The minimum atomic E-state index is -0.527. The number of benzene rings is 2. The first-order chi connectivity index (χ1) is 17.7. The highest BCUT2D eigenvalue weighted by atomic mass is 19.1. The van der Waals surface area contributed by atoms with Crippen LogP contribution in [0.2, 0.25) is 0 Å². The van der Waals surface area contributed by atoms with Gasteiger partial charge in [-0.25, -0.2) is 9.38 Å². The van der Waals surface area contributed by atoms with Gasteiger partial charge in [0.25, 0.3) is 0 Å². The van der Waals surface area contributed by atoms with Gasteiger partial charge in [0.05, 0.1) is 11.8 Å². The van der Waals surface area contributed by atoms with E-state index in [9.17, 15) is 14.0 Å². The first-order valence-corrected chi connectivity index (χ1v) is 12.3. The maximum Gasteiger partial charge on any atom is 0.233 e. The molecule has 0 radical (unpaired) electrons. The molecule has 37 heavy (non-hydrogen) atoms. The van der Waals surface area contributed by atoms with Crippen LogP contribution >= 0.6 is 0 Å². The zero-order chi connectivity index (χ0) is 27.0. The first-order valence-electron chi connectivity index (χ1n) is 12.3. The number of anilines is 2. The standard InChI is InChI=1S/C28H35FN4O4/c1-6-30-27(26-19(4)15-22(16-23(26)29)37-14-13-36-5)32-21-9-7-20(8-10-21)31-24(34)17-25(35)33-28(11-12-28)18(2)3/h6-10,15-16,18,32H,4,11-14,17H2,1-3,5H3,(H,31,34)(H,33,35)/b27-26-,30-6-. The van der Waals surface area contributed by atoms with Gasteiger partial charge in [0.2, 0.25) is 11.8 Å². The summed E-state index contributed by atoms with van der Waals surface area (Å²) in [6, 6.07) is 9.76. The maximum atomic E-state index is 15.0. The Hall–Kier alpha value is -3.72. The minimum Gasteiger partial charge on any atom is -0.491 e. The summed E-state index contributed by atoms with van der Waals surface area (Å²) in [5, 5.41) is 9.46. The van der Waals surface area contributed by atoms with Crippen LogP contribution in [0.4, 0.5) is 15.8 Å². The van der Waals surface area contributed by atoms with Gasteiger partial charge in [-0.2, -0.15) is 0 Å². The van der Waals surface area contributed by atoms with Gasteiger partial charge >= 0.3 is 0 Å². The average molecular weight is 511 g/mol. The molecule has 0 spiro atoms. The lowest BCUT2D eigenvalue weighted by Crippen LogP contribution is -2.42. The second-order valence-corrected chi connectivity index (χ2v) is 9.30. The Morgan fingerprint density at radius 2 is 1.76 bits per heavy atom. The highest BCUT2D eigenvalue weighted by Crippen LogP contribution is 2.42. The monoisotopic (exact) mass is 510 g/mol. The molecule has 0 atom stereocenters. The van der Waals surface area contributed by atoms with Crippen molar-refractivity contribution >= 4 is 41.8 Å². The predicted molar refractivity (Wildman–Crippen MR) is 144 cm³/mol. The second-order valence-electron chi connectivity index (χ2n) is 9.30. The molecule has 0 bridgehead atoms. The van der Waals surface area contributed by atoms with Gasteiger partial charge in [-0.3, -0.25) is 9.59 Å². The van der Waals surface area contributed by atoms with Crippen LogP contribution < -0.4 is 31.1 Å². The van der Waals surface area contributed by atoms with Crippen molar-refractivity contribution in [3.05, 3.63) is 52.7 Å². The summed E-state index contributed by atoms with van der Waals surface area (Å²) >= 11 is 0. The highest BCUT2D eigenvalue weighted by Gasteiger charge is 2.46. The average Bonchev–Trinajstić information content (AvgIpc) is 3.61. The number of halogens is 1. The van der Waals surface area contributed by atoms with Crippen LogP contribution in [0.1, 0.15) is 40.0 Å². The van der Waals surface area contributed by atoms with E-state index < -0.39 is 11.7 Å². The van der Waals surface area contributed by atoms with E-state index in [0.717, 1.165) is 12.8 Å². The number of amides is 2. The third kappa shape index (κ3) is 7.63. The largest absolute Gasteiger partial charge is 0.491 e. The van der Waals surface area contributed by atoms with Crippen molar-refractivity contribution in [2.75, 3.05) is 31.0 Å². The number of rotatable bonds is 12. The molecule has 3 rings (SSSR count). The number of carbonyl (C=O) groups is 2. The molecular weight excluding hydrogens is 475 g/mol. The van der Waals surface area contributed by atoms with Gasteiger partial charge < -0.3 is 25.4 Å². The summed E-state index contributed by atoms with van der Waals surface area (Å²) in [5.74, 6) is -0.231. The van der Waals surface area contributed by atoms with Crippen molar-refractivity contribution in [1.82, 2.24) is 5.32 Å². The molecule has 1 fully saturated rings. The summed E-state index contributed by atoms with van der Waals surface area (Å²) in [7, 11) is 1.56. The number of methoxy groups -OCH3 is 1. The van der Waals surface area contributed by atoms with Crippen LogP contribution in [0.25, 0.3) is 12.4 Å². The van der Waals surface area contributed by atoms with E-state index in [-0.39, 0.29) is 28.9 Å². The summed E-state index contributed by atoms with van der Waals surface area (Å²) in [6.45, 7) is 10.5. The van der Waals surface area contributed by atoms with E-state index in [1.807, 2.05) is 0 Å². The Balaban J connectivity index is 1.68. The van der Waals surface area contributed by atoms with Crippen molar-refractivity contribution in [2.24, 2.45) is 10.9 Å². The molecule has 0 heterocycles. The molecule has 0 aliphatic heterocycles. The van der Waals surface area contributed by atoms with Crippen LogP contribution in [0.15, 0.2) is 41.4 Å². The quantitative estimate of drug-likeness (QED) is 0.231. The Labute approximate surface area is 216 Å². The summed E-state index contributed by atoms with van der Waals surface area (Å²) in [4.78, 5) is 28.9. The van der Waals surface area contributed by atoms with Gasteiger partial charge in [-0.1, -0.05) is 20.4 Å². The fourth-order valence-corrected chi connectivity index (χ4v) is 3.94. The van der Waals surface area contributed by atoms with Crippen LogP contribution in [0.5, 0.6) is 5.75 Å². The molecule has 1 aliphatic carbocycles. The predicted octanol–water partition coefficient (Wildman–Crippen LogP) is 3.16. The Bertz CT molecular complexity index is 1250. The van der Waals surface area contributed by atoms with Crippen LogP contribution in [0.3, 0.4) is 0 Å². The normalized spacial score (nSPS) is 14.9. The lowest BCUT2D eigenvalue weighted by Gasteiger charge is -2.21. The van der Waals surface area contributed by atoms with Crippen molar-refractivity contribution in [2.45, 2.75) is 45.6 Å². The van der Waals surface area contributed by atoms with E-state index in [1.54, 1.807) is 50.6 Å². The van der Waals surface area contributed by atoms with Gasteiger partial charge in [-0.05, 0) is 61.2 Å². The van der Waals surface area contributed by atoms with Crippen molar-refractivity contribution in [3.63, 3.8) is 0 Å². The minimum absolute atomic E-state index is 0.162. The Morgan fingerprint density at radius 3 is 2.30 bits per heavy atom. The first kappa shape index (κ1) is 27.9. The van der Waals surface area contributed by atoms with Gasteiger partial charge in [0.15, 0.2) is 0 Å². The smallest absolute Gasteiger partial charge is 0.233 e. The lowest BCUT2D eigenvalue weighted by molar-refractivity contribution is -0.127. The van der Waals surface area contributed by atoms with E-state index >= 15 is 0 Å². The van der Waals surface area contributed by atoms with Crippen LogP contribution in [-0.4, -0.2) is 43.9 Å². The zero-order valence-electron chi connectivity index (χ0n) is 21.8. The molecule has 1 saturated carbocycles. The second kappa shape index (κ2) is 12.5. The van der Waals surface area contributed by atoms with E-state index in [2.05, 4.69) is 41.4 Å². The van der Waals surface area contributed by atoms with Crippen LogP contribution in [-0.2, 0) is 14.3 Å². The molecule has 0 saturated heterocycles. The fraction of sp³-hybridized carbons (Fsp3) is 0.393. The number of nitrogens with zero attached hydrogens (tertiary/aromatic N) is 1. The van der Waals surface area contributed by atoms with Crippen LogP contribution in [0, 0.1) is 11.7 Å². The topological polar surface area (TPSA) is 101 Å². The van der Waals surface area contributed by atoms with Crippen molar-refractivity contribution < 1.29 is 23.5 Å². The molecule has 2 aromatic rings. The zero-order valence-corrected chi connectivity index (χ0v) is 21.8. The number of hydrogen-bond donors (Lipinski definition) is 3. The van der Waals surface area contributed by atoms with Gasteiger partial charge in [0.1, 0.15) is 30.4 Å². The number of ether oxygens (including phenoxy) is 2. The summed E-state index contributed by atoms with van der Waals surface area (Å²) in [6.07, 6.45) is 3.20. The highest BCUT2D eigenvalue weighted by molar-refractivity contribution is 6.03. The summed E-state index contributed by atoms with van der Waals surface area (Å²) in [5.41, 5.74) is 1.00. The molecule has 8 nitrogen and oxygen atoms in total. The van der Waals surface area contributed by atoms with Crippen molar-refractivity contribution in [3.8, 4) is 5.75 Å². The van der Waals surface area contributed by atoms with E-state index in [0.29, 0.717) is 41.5 Å². The number of carbonyl (C=O) groups excluding carboxylic acids is 2. The molecule has 198 valence electrons. The molecule has 0 unspecified atom stereocenters. The molecule has 0 aromatic heterocycles. The number of hydrogen-bond acceptors (Lipinski definition) is 6. The molecular formula is C28H35FN4O4. The molecule has 3 N–H and O–H groups in total. The molecule has 2 aromatic carbocycles. The molecule has 1 aliphatic rings. The van der Waals surface area contributed by atoms with Gasteiger partial charge in [0, 0.05) is 36.3 Å². The molecule has 9 heteroatoms. The SMILES string of the molecule is C=c1cc(OCCOC)cc(F)/c1=C(/N=C\C)Nc1ccc(NC(=O)CC(=O)NC2(C(C)C)CC2)cc1. The van der Waals surface area contributed by atoms with E-state index in [1.165, 1.54) is 6.07 Å². The van der Waals surface area contributed by atoms with E-state index in [4.69, 9.17) is 9.47 Å². The third-order valence-corrected chi connectivity index (χ3v) is 6.23. The van der Waals surface area contributed by atoms with Gasteiger partial charge in [-0.15, -0.1) is 0 Å².